The van der Waals surface area contributed by atoms with Crippen LogP contribution >= 0.6 is 0 Å². The van der Waals surface area contributed by atoms with Gasteiger partial charge in [0, 0.05) is 23.9 Å². The van der Waals surface area contributed by atoms with Gasteiger partial charge in [0.25, 0.3) is 5.92 Å². The summed E-state index contributed by atoms with van der Waals surface area (Å²) in [7, 11) is 0. The van der Waals surface area contributed by atoms with Crippen molar-refractivity contribution >= 4 is 0 Å². The summed E-state index contributed by atoms with van der Waals surface area (Å²) in [5.74, 6) is -1.26. The minimum absolute atomic E-state index is 0.0266. The fourth-order valence-electron chi connectivity index (χ4n) is 6.75. The largest absolute Gasteiger partial charge is 0.396 e. The molecule has 14 heavy (non-hydrogen) atoms. The summed E-state index contributed by atoms with van der Waals surface area (Å²) in [4.78, 5) is 0. The van der Waals surface area contributed by atoms with Crippen LogP contribution in [0.15, 0.2) is 0 Å². The minimum atomic E-state index is -2.43. The van der Waals surface area contributed by atoms with Crippen LogP contribution in [0.2, 0.25) is 0 Å². The van der Waals surface area contributed by atoms with Gasteiger partial charge in [-0.05, 0) is 36.0 Å². The third-order valence-corrected chi connectivity index (χ3v) is 6.60. The van der Waals surface area contributed by atoms with Crippen LogP contribution in [0.4, 0.5) is 8.78 Å². The van der Waals surface area contributed by atoms with Crippen molar-refractivity contribution < 1.29 is 13.9 Å². The van der Waals surface area contributed by atoms with Gasteiger partial charge in [-0.3, -0.25) is 0 Å². The lowest BCUT2D eigenvalue weighted by molar-refractivity contribution is -0.256. The molecule has 0 aromatic rings. The molecule has 1 nitrogen and oxygen atoms in total. The topological polar surface area (TPSA) is 20.2 Å². The maximum absolute atomic E-state index is 13.9. The van der Waals surface area contributed by atoms with Crippen LogP contribution in [0.1, 0.15) is 6.42 Å². The number of aliphatic hydroxyl groups is 1. The van der Waals surface area contributed by atoms with Crippen molar-refractivity contribution in [3.63, 3.8) is 0 Å². The smallest absolute Gasteiger partial charge is 0.255 e. The van der Waals surface area contributed by atoms with Crippen molar-refractivity contribution in [2.45, 2.75) is 12.3 Å². The molecule has 0 aliphatic heterocycles. The Morgan fingerprint density at radius 1 is 1.21 bits per heavy atom. The monoisotopic (exact) mass is 198 g/mol. The van der Waals surface area contributed by atoms with Gasteiger partial charge in [-0.1, -0.05) is 0 Å². The van der Waals surface area contributed by atoms with Crippen LogP contribution < -0.4 is 0 Å². The minimum Gasteiger partial charge on any atom is -0.396 e. The van der Waals surface area contributed by atoms with E-state index in [1.165, 1.54) is 0 Å². The predicted octanol–water partition coefficient (Wildman–Crippen LogP) is 1.37. The van der Waals surface area contributed by atoms with Crippen LogP contribution in [0.5, 0.6) is 0 Å². The Kier molecular flexibility index (Phi) is 0.755. The number of hydrogen-bond acceptors (Lipinski definition) is 1. The first-order chi connectivity index (χ1) is 6.65. The van der Waals surface area contributed by atoms with Gasteiger partial charge in [0.1, 0.15) is 0 Å². The van der Waals surface area contributed by atoms with Crippen LogP contribution in [0, 0.1) is 46.8 Å². The molecule has 6 fully saturated rings. The van der Waals surface area contributed by atoms with E-state index in [9.17, 15) is 13.9 Å². The molecule has 0 aromatic carbocycles. The van der Waals surface area contributed by atoms with E-state index in [1.807, 2.05) is 0 Å². The van der Waals surface area contributed by atoms with Gasteiger partial charge >= 0.3 is 0 Å². The maximum Gasteiger partial charge on any atom is 0.255 e. The lowest BCUT2D eigenvalue weighted by Crippen LogP contribution is -2.69. The van der Waals surface area contributed by atoms with Gasteiger partial charge in [-0.15, -0.1) is 0 Å². The zero-order valence-corrected chi connectivity index (χ0v) is 7.66. The Bertz CT molecular complexity index is 368. The molecular formula is C11H12F2O. The molecule has 0 unspecified atom stereocenters. The average molecular weight is 198 g/mol. The van der Waals surface area contributed by atoms with E-state index in [4.69, 9.17) is 0 Å². The van der Waals surface area contributed by atoms with Crippen LogP contribution in [-0.2, 0) is 0 Å². The fourth-order valence-corrected chi connectivity index (χ4v) is 6.75. The number of aliphatic hydroxyl groups excluding tert-OH is 1. The molecule has 1 N–H and O–H groups in total. The Balaban J connectivity index is 1.82. The molecule has 6 saturated carbocycles. The molecule has 4 bridgehead atoms. The summed E-state index contributed by atoms with van der Waals surface area (Å²) in [5.41, 5.74) is -0.307. The van der Waals surface area contributed by atoms with Crippen LogP contribution in [-0.4, -0.2) is 17.6 Å². The van der Waals surface area contributed by atoms with E-state index in [1.54, 1.807) is 0 Å². The number of rotatable bonds is 1. The maximum atomic E-state index is 13.9. The molecule has 0 radical (unpaired) electrons. The number of halogens is 2. The lowest BCUT2D eigenvalue weighted by Gasteiger charge is -2.69. The van der Waals surface area contributed by atoms with Gasteiger partial charge in [0.05, 0.1) is 0 Å². The van der Waals surface area contributed by atoms with Crippen molar-refractivity contribution in [2.75, 3.05) is 6.61 Å². The Morgan fingerprint density at radius 2 is 2.00 bits per heavy atom. The standard InChI is InChI=1S/C11H12F2O/c12-11(13)8-5-3-1-4-6(5)7(8)10(4,2-14)9(3)11/h3-9,14H,1-2H2/t3-,4-,5+,6-,7+,8-,9+,10-/m0/s1. The first-order valence-corrected chi connectivity index (χ1v) is 5.64. The summed E-state index contributed by atoms with van der Waals surface area (Å²) in [5, 5.41) is 9.48. The highest BCUT2D eigenvalue weighted by molar-refractivity contribution is 5.41. The Morgan fingerprint density at radius 3 is 2.64 bits per heavy atom. The van der Waals surface area contributed by atoms with Gasteiger partial charge in [0.15, 0.2) is 0 Å². The molecule has 0 saturated heterocycles. The molecule has 0 heterocycles. The second-order valence-electron chi connectivity index (χ2n) is 6.14. The quantitative estimate of drug-likeness (QED) is 0.674. The zero-order valence-electron chi connectivity index (χ0n) is 7.66. The van der Waals surface area contributed by atoms with Crippen molar-refractivity contribution in [3.8, 4) is 0 Å². The molecule has 76 valence electrons. The van der Waals surface area contributed by atoms with E-state index < -0.39 is 11.8 Å². The van der Waals surface area contributed by atoms with Crippen molar-refractivity contribution in [1.82, 2.24) is 0 Å². The second kappa shape index (κ2) is 1.48. The molecular weight excluding hydrogens is 186 g/mol. The molecule has 6 aliphatic rings. The molecule has 0 aromatic heterocycles. The zero-order chi connectivity index (χ0) is 9.46. The fraction of sp³-hybridized carbons (Fsp3) is 1.00. The molecule has 6 aliphatic carbocycles. The van der Waals surface area contributed by atoms with Gasteiger partial charge < -0.3 is 5.11 Å². The van der Waals surface area contributed by atoms with E-state index in [-0.39, 0.29) is 29.8 Å². The van der Waals surface area contributed by atoms with E-state index in [0.717, 1.165) is 6.42 Å². The van der Waals surface area contributed by atoms with Crippen LogP contribution in [0.3, 0.4) is 0 Å². The Labute approximate surface area is 80.5 Å². The summed E-state index contributed by atoms with van der Waals surface area (Å²) in [6.07, 6.45) is 1.00. The van der Waals surface area contributed by atoms with Crippen molar-refractivity contribution in [1.29, 1.82) is 0 Å². The van der Waals surface area contributed by atoms with Gasteiger partial charge in [0.2, 0.25) is 0 Å². The SMILES string of the molecule is OC[C@@]12[C@@H]3[C@@H]4[C@H]5[C@H](C[C@@H]41)[C@H]2C(F)(F)[C@@H]53. The van der Waals surface area contributed by atoms with E-state index in [0.29, 0.717) is 17.8 Å². The predicted molar refractivity (Wildman–Crippen MR) is 43.5 cm³/mol. The lowest BCUT2D eigenvalue weighted by atomic mass is 9.34. The molecule has 3 heteroatoms. The van der Waals surface area contributed by atoms with E-state index >= 15 is 0 Å². The highest BCUT2D eigenvalue weighted by atomic mass is 19.3. The summed E-state index contributed by atoms with van der Waals surface area (Å²) in [6.45, 7) is 0.0266. The molecule has 8 atom stereocenters. The second-order valence-corrected chi connectivity index (χ2v) is 6.14. The third-order valence-electron chi connectivity index (χ3n) is 6.60. The van der Waals surface area contributed by atoms with E-state index in [2.05, 4.69) is 0 Å². The highest BCUT2D eigenvalue weighted by Crippen LogP contribution is 2.96. The summed E-state index contributed by atoms with van der Waals surface area (Å²) >= 11 is 0. The van der Waals surface area contributed by atoms with Gasteiger partial charge in [-0.25, -0.2) is 8.78 Å². The normalized spacial score (nSPS) is 77.8. The van der Waals surface area contributed by atoms with Crippen LogP contribution in [0.25, 0.3) is 0 Å². The molecule has 6 rings (SSSR count). The molecule has 0 spiro atoms. The summed E-state index contributed by atoms with van der Waals surface area (Å²) < 4.78 is 27.9. The van der Waals surface area contributed by atoms with Gasteiger partial charge in [-0.2, -0.15) is 0 Å². The Hall–Kier alpha value is -0.180. The highest BCUT2D eigenvalue weighted by Gasteiger charge is 2.97. The van der Waals surface area contributed by atoms with Crippen molar-refractivity contribution in [2.24, 2.45) is 46.8 Å². The first-order valence-electron chi connectivity index (χ1n) is 5.64. The third kappa shape index (κ3) is 0.329. The molecule has 0 amide bonds. The number of hydrogen-bond donors (Lipinski definition) is 1. The average Bonchev–Trinajstić information content (AvgIpc) is 2.54. The first kappa shape index (κ1) is 7.15. The number of alkyl halides is 2. The van der Waals surface area contributed by atoms with Crippen molar-refractivity contribution in [3.05, 3.63) is 0 Å². The summed E-state index contributed by atoms with van der Waals surface area (Å²) in [6, 6.07) is 0.